The molecule has 0 aliphatic carbocycles. The first-order valence-electron chi connectivity index (χ1n) is 5.55. The average molecular weight is 317 g/mol. The molecule has 1 rings (SSSR count). The van der Waals surface area contributed by atoms with Crippen LogP contribution in [0.4, 0.5) is 19.0 Å². The van der Waals surface area contributed by atoms with Gasteiger partial charge in [0.15, 0.2) is 0 Å². The van der Waals surface area contributed by atoms with E-state index in [9.17, 15) is 13.2 Å². The van der Waals surface area contributed by atoms with Crippen LogP contribution < -0.4 is 5.32 Å². The Balaban J connectivity index is 2.43. The fourth-order valence-electron chi connectivity index (χ4n) is 1.26. The number of nitrogens with one attached hydrogen (secondary N) is 1. The van der Waals surface area contributed by atoms with Gasteiger partial charge in [-0.3, -0.25) is 0 Å². The van der Waals surface area contributed by atoms with Crippen molar-refractivity contribution < 1.29 is 17.9 Å². The lowest BCUT2D eigenvalue weighted by Crippen LogP contribution is -2.10. The molecule has 108 valence electrons. The van der Waals surface area contributed by atoms with Gasteiger partial charge in [0.1, 0.15) is 5.82 Å². The Morgan fingerprint density at radius 2 is 2.05 bits per heavy atom. The molecule has 0 saturated carbocycles. The SMILES string of the molecule is FC(F)(F)c1cnc(NCCCOCCCl)c(Cl)c1. The van der Waals surface area contributed by atoms with Gasteiger partial charge < -0.3 is 10.1 Å². The number of rotatable bonds is 7. The molecule has 0 aliphatic rings. The Bertz CT molecular complexity index is 402. The van der Waals surface area contributed by atoms with Crippen LogP contribution in [-0.2, 0) is 10.9 Å². The highest BCUT2D eigenvalue weighted by Crippen LogP contribution is 2.32. The molecule has 0 aliphatic heterocycles. The van der Waals surface area contributed by atoms with Crippen molar-refractivity contribution in [2.24, 2.45) is 0 Å². The van der Waals surface area contributed by atoms with Crippen molar-refractivity contribution in [2.45, 2.75) is 12.6 Å². The van der Waals surface area contributed by atoms with Crippen LogP contribution in [0.2, 0.25) is 5.02 Å². The number of hydrogen-bond donors (Lipinski definition) is 1. The van der Waals surface area contributed by atoms with Gasteiger partial charge in [-0.2, -0.15) is 13.2 Å². The normalized spacial score (nSPS) is 11.6. The number of alkyl halides is 4. The summed E-state index contributed by atoms with van der Waals surface area (Å²) in [5.41, 5.74) is -0.867. The Morgan fingerprint density at radius 1 is 1.32 bits per heavy atom. The van der Waals surface area contributed by atoms with E-state index < -0.39 is 11.7 Å². The number of pyridine rings is 1. The molecule has 0 fully saturated rings. The molecule has 0 spiro atoms. The predicted octanol–water partition coefficient (Wildman–Crippen LogP) is 3.81. The Morgan fingerprint density at radius 3 is 2.63 bits per heavy atom. The number of ether oxygens (including phenoxy) is 1. The summed E-state index contributed by atoms with van der Waals surface area (Å²) >= 11 is 11.1. The van der Waals surface area contributed by atoms with Crippen molar-refractivity contribution in [1.29, 1.82) is 0 Å². The van der Waals surface area contributed by atoms with E-state index in [1.807, 2.05) is 0 Å². The highest BCUT2D eigenvalue weighted by Gasteiger charge is 2.31. The molecule has 0 saturated heterocycles. The fourth-order valence-corrected chi connectivity index (χ4v) is 1.60. The minimum absolute atomic E-state index is 0.0588. The Labute approximate surface area is 119 Å². The highest BCUT2D eigenvalue weighted by atomic mass is 35.5. The topological polar surface area (TPSA) is 34.2 Å². The molecule has 0 radical (unpaired) electrons. The molecule has 0 amide bonds. The Hall–Kier alpha value is -0.720. The second kappa shape index (κ2) is 7.77. The van der Waals surface area contributed by atoms with Gasteiger partial charge in [0.2, 0.25) is 0 Å². The molecule has 1 heterocycles. The van der Waals surface area contributed by atoms with E-state index in [0.29, 0.717) is 32.1 Å². The molecular weight excluding hydrogens is 304 g/mol. The molecule has 0 aromatic carbocycles. The van der Waals surface area contributed by atoms with Gasteiger partial charge in [-0.05, 0) is 12.5 Å². The van der Waals surface area contributed by atoms with Gasteiger partial charge in [-0.1, -0.05) is 11.6 Å². The predicted molar refractivity (Wildman–Crippen MR) is 68.9 cm³/mol. The molecule has 0 bridgehead atoms. The summed E-state index contributed by atoms with van der Waals surface area (Å²) in [4.78, 5) is 3.65. The molecule has 1 aromatic heterocycles. The van der Waals surface area contributed by atoms with Crippen LogP contribution >= 0.6 is 23.2 Å². The van der Waals surface area contributed by atoms with Crippen molar-refractivity contribution in [2.75, 3.05) is 31.0 Å². The third-order valence-electron chi connectivity index (χ3n) is 2.15. The van der Waals surface area contributed by atoms with Gasteiger partial charge >= 0.3 is 6.18 Å². The van der Waals surface area contributed by atoms with Gasteiger partial charge in [0.25, 0.3) is 0 Å². The summed E-state index contributed by atoms with van der Waals surface area (Å²) < 4.78 is 42.3. The summed E-state index contributed by atoms with van der Waals surface area (Å²) in [6, 6.07) is 0.848. The molecule has 8 heteroatoms. The number of nitrogens with zero attached hydrogens (tertiary/aromatic N) is 1. The van der Waals surface area contributed by atoms with E-state index in [-0.39, 0.29) is 10.8 Å². The van der Waals surface area contributed by atoms with Crippen LogP contribution in [0.1, 0.15) is 12.0 Å². The number of anilines is 1. The lowest BCUT2D eigenvalue weighted by molar-refractivity contribution is -0.137. The third kappa shape index (κ3) is 5.84. The van der Waals surface area contributed by atoms with Crippen LogP contribution in [0.3, 0.4) is 0 Å². The van der Waals surface area contributed by atoms with Crippen molar-refractivity contribution >= 4 is 29.0 Å². The van der Waals surface area contributed by atoms with Crippen LogP contribution in [0.5, 0.6) is 0 Å². The third-order valence-corrected chi connectivity index (χ3v) is 2.59. The summed E-state index contributed by atoms with van der Waals surface area (Å²) in [7, 11) is 0. The van der Waals surface area contributed by atoms with Crippen molar-refractivity contribution in [3.63, 3.8) is 0 Å². The fraction of sp³-hybridized carbons (Fsp3) is 0.545. The van der Waals surface area contributed by atoms with Crippen LogP contribution in [-0.4, -0.2) is 30.6 Å². The minimum atomic E-state index is -4.44. The summed E-state index contributed by atoms with van der Waals surface area (Å²) in [6.45, 7) is 1.49. The monoisotopic (exact) mass is 316 g/mol. The lowest BCUT2D eigenvalue weighted by atomic mass is 10.3. The number of aromatic nitrogens is 1. The smallest absolute Gasteiger partial charge is 0.380 e. The van der Waals surface area contributed by atoms with Crippen LogP contribution in [0.15, 0.2) is 12.3 Å². The standard InChI is InChI=1S/C11H13Cl2F3N2O/c12-2-5-19-4-1-3-17-10-9(13)6-8(7-18-10)11(14,15)16/h6-7H,1-5H2,(H,17,18). The van der Waals surface area contributed by atoms with Crippen molar-refractivity contribution in [3.8, 4) is 0 Å². The summed E-state index contributed by atoms with van der Waals surface area (Å²) in [6.07, 6.45) is -3.02. The van der Waals surface area contributed by atoms with Gasteiger partial charge in [0.05, 0.1) is 17.2 Å². The highest BCUT2D eigenvalue weighted by molar-refractivity contribution is 6.32. The maximum absolute atomic E-state index is 12.4. The van der Waals surface area contributed by atoms with Crippen molar-refractivity contribution in [3.05, 3.63) is 22.8 Å². The summed E-state index contributed by atoms with van der Waals surface area (Å²) in [5, 5.41) is 2.79. The second-order valence-corrected chi connectivity index (χ2v) is 4.42. The van der Waals surface area contributed by atoms with E-state index in [4.69, 9.17) is 27.9 Å². The van der Waals surface area contributed by atoms with Crippen molar-refractivity contribution in [1.82, 2.24) is 4.98 Å². The zero-order valence-electron chi connectivity index (χ0n) is 9.94. The van der Waals surface area contributed by atoms with Crippen LogP contribution in [0, 0.1) is 0 Å². The first-order chi connectivity index (χ1) is 8.95. The maximum Gasteiger partial charge on any atom is 0.417 e. The quantitative estimate of drug-likeness (QED) is 0.613. The number of hydrogen-bond acceptors (Lipinski definition) is 3. The van der Waals surface area contributed by atoms with E-state index in [2.05, 4.69) is 10.3 Å². The zero-order chi connectivity index (χ0) is 14.3. The van der Waals surface area contributed by atoms with Gasteiger partial charge in [0, 0.05) is 25.2 Å². The minimum Gasteiger partial charge on any atom is -0.380 e. The molecule has 1 aromatic rings. The van der Waals surface area contributed by atoms with E-state index in [1.54, 1.807) is 0 Å². The van der Waals surface area contributed by atoms with Crippen LogP contribution in [0.25, 0.3) is 0 Å². The molecule has 0 unspecified atom stereocenters. The molecular formula is C11H13Cl2F3N2O. The average Bonchev–Trinajstić information content (AvgIpc) is 2.34. The van der Waals surface area contributed by atoms with E-state index in [0.717, 1.165) is 12.3 Å². The van der Waals surface area contributed by atoms with E-state index >= 15 is 0 Å². The second-order valence-electron chi connectivity index (χ2n) is 3.63. The molecule has 3 nitrogen and oxygen atoms in total. The first kappa shape index (κ1) is 16.3. The summed E-state index contributed by atoms with van der Waals surface area (Å²) in [5.74, 6) is 0.659. The maximum atomic E-state index is 12.4. The van der Waals surface area contributed by atoms with Gasteiger partial charge in [-0.25, -0.2) is 4.98 Å². The molecule has 19 heavy (non-hydrogen) atoms. The molecule has 0 atom stereocenters. The Kier molecular flexibility index (Phi) is 6.68. The zero-order valence-corrected chi connectivity index (χ0v) is 11.4. The first-order valence-corrected chi connectivity index (χ1v) is 6.46. The van der Waals surface area contributed by atoms with Gasteiger partial charge in [-0.15, -0.1) is 11.6 Å². The number of halogens is 5. The molecule has 1 N–H and O–H groups in total. The van der Waals surface area contributed by atoms with E-state index in [1.165, 1.54) is 0 Å². The lowest BCUT2D eigenvalue weighted by Gasteiger charge is -2.10. The largest absolute Gasteiger partial charge is 0.417 e.